The number of hydrogen-bond acceptors (Lipinski definition) is 5. The molecule has 1 aliphatic rings. The summed E-state index contributed by atoms with van der Waals surface area (Å²) in [6, 6.07) is 6.27. The zero-order valence-electron chi connectivity index (χ0n) is 10.6. The normalized spacial score (nSPS) is 14.3. The number of carboxylic acid groups (broad SMARTS) is 1. The van der Waals surface area contributed by atoms with Crippen LogP contribution in [0.3, 0.4) is 0 Å². The lowest BCUT2D eigenvalue weighted by molar-refractivity contribution is -0.139. The lowest BCUT2D eigenvalue weighted by Gasteiger charge is -2.16. The zero-order chi connectivity index (χ0) is 15.4. The molecule has 0 saturated carbocycles. The monoisotopic (exact) mass is 306 g/mol. The highest BCUT2D eigenvalue weighted by molar-refractivity contribution is 7.80. The molecule has 0 radical (unpaired) electrons. The number of amides is 2. The second-order valence-corrected chi connectivity index (χ2v) is 4.46. The Kier molecular flexibility index (Phi) is 4.29. The van der Waals surface area contributed by atoms with Crippen LogP contribution in [0, 0.1) is 0 Å². The molecule has 0 aliphatic carbocycles. The summed E-state index contributed by atoms with van der Waals surface area (Å²) < 4.78 is 4.97. The SMILES string of the molecule is O=C(O)COc1ccc(C=C2C(=O)NC(=S)NC2=O)cc1. The highest BCUT2D eigenvalue weighted by atomic mass is 32.1. The maximum absolute atomic E-state index is 11.6. The Morgan fingerprint density at radius 1 is 1.19 bits per heavy atom. The molecule has 1 saturated heterocycles. The summed E-state index contributed by atoms with van der Waals surface area (Å²) in [4.78, 5) is 33.7. The fourth-order valence-electron chi connectivity index (χ4n) is 1.58. The van der Waals surface area contributed by atoms with Gasteiger partial charge in [0, 0.05) is 0 Å². The number of carboxylic acids is 1. The van der Waals surface area contributed by atoms with Crippen molar-refractivity contribution in [3.05, 3.63) is 35.4 Å². The first-order valence-corrected chi connectivity index (χ1v) is 6.19. The van der Waals surface area contributed by atoms with Gasteiger partial charge in [-0.25, -0.2) is 4.79 Å². The van der Waals surface area contributed by atoms with Crippen LogP contribution >= 0.6 is 12.2 Å². The molecule has 0 bridgehead atoms. The molecule has 0 atom stereocenters. The molecule has 8 heteroatoms. The Morgan fingerprint density at radius 2 is 1.76 bits per heavy atom. The van der Waals surface area contributed by atoms with E-state index in [0.717, 1.165) is 0 Å². The first-order valence-electron chi connectivity index (χ1n) is 5.79. The van der Waals surface area contributed by atoms with E-state index in [4.69, 9.17) is 9.84 Å². The second-order valence-electron chi connectivity index (χ2n) is 4.05. The lowest BCUT2D eigenvalue weighted by atomic mass is 10.1. The van der Waals surface area contributed by atoms with E-state index < -0.39 is 24.4 Å². The van der Waals surface area contributed by atoms with Crippen molar-refractivity contribution in [2.75, 3.05) is 6.61 Å². The average molecular weight is 306 g/mol. The predicted octanol–water partition coefficient (Wildman–Crippen LogP) is 0.0643. The van der Waals surface area contributed by atoms with Gasteiger partial charge >= 0.3 is 5.97 Å². The van der Waals surface area contributed by atoms with Gasteiger partial charge in [0.25, 0.3) is 11.8 Å². The Bertz CT molecular complexity index is 629. The van der Waals surface area contributed by atoms with Crippen LogP contribution in [0.25, 0.3) is 6.08 Å². The molecule has 0 aromatic heterocycles. The Labute approximate surface area is 124 Å². The molecule has 3 N–H and O–H groups in total. The fraction of sp³-hybridized carbons (Fsp3) is 0.0769. The molecule has 0 unspecified atom stereocenters. The molecule has 1 aromatic carbocycles. The largest absolute Gasteiger partial charge is 0.482 e. The summed E-state index contributed by atoms with van der Waals surface area (Å²) in [5.74, 6) is -1.85. The van der Waals surface area contributed by atoms with Gasteiger partial charge in [-0.15, -0.1) is 0 Å². The molecule has 1 aromatic rings. The number of aliphatic carboxylic acids is 1. The standard InChI is InChI=1S/C13H10N2O5S/c16-10(17)6-20-8-3-1-7(2-4-8)5-9-11(18)14-13(21)15-12(9)19/h1-5H,6H2,(H,16,17)(H2,14,15,18,19,21). The van der Waals surface area contributed by atoms with Crippen molar-refractivity contribution in [3.8, 4) is 5.75 Å². The van der Waals surface area contributed by atoms with Crippen LogP contribution in [0.5, 0.6) is 5.75 Å². The summed E-state index contributed by atoms with van der Waals surface area (Å²) in [7, 11) is 0. The summed E-state index contributed by atoms with van der Waals surface area (Å²) in [6.07, 6.45) is 1.40. The van der Waals surface area contributed by atoms with E-state index in [9.17, 15) is 14.4 Å². The van der Waals surface area contributed by atoms with Crippen LogP contribution < -0.4 is 15.4 Å². The van der Waals surface area contributed by atoms with Crippen LogP contribution in [0.2, 0.25) is 0 Å². The zero-order valence-corrected chi connectivity index (χ0v) is 11.4. The van der Waals surface area contributed by atoms with E-state index in [-0.39, 0.29) is 10.7 Å². The number of ether oxygens (including phenoxy) is 1. The minimum Gasteiger partial charge on any atom is -0.482 e. The van der Waals surface area contributed by atoms with E-state index in [0.29, 0.717) is 11.3 Å². The number of nitrogens with one attached hydrogen (secondary N) is 2. The van der Waals surface area contributed by atoms with Crippen molar-refractivity contribution in [2.45, 2.75) is 0 Å². The van der Waals surface area contributed by atoms with E-state index in [1.165, 1.54) is 6.08 Å². The molecule has 2 amide bonds. The number of carbonyl (C=O) groups is 3. The van der Waals surface area contributed by atoms with Crippen LogP contribution in [-0.2, 0) is 14.4 Å². The van der Waals surface area contributed by atoms with Gasteiger partial charge in [-0.1, -0.05) is 12.1 Å². The lowest BCUT2D eigenvalue weighted by Crippen LogP contribution is -2.51. The molecule has 7 nitrogen and oxygen atoms in total. The van der Waals surface area contributed by atoms with Gasteiger partial charge in [-0.2, -0.15) is 0 Å². The van der Waals surface area contributed by atoms with Gasteiger partial charge in [-0.3, -0.25) is 20.2 Å². The van der Waals surface area contributed by atoms with Gasteiger partial charge in [0.2, 0.25) is 0 Å². The summed E-state index contributed by atoms with van der Waals surface area (Å²) >= 11 is 4.69. The van der Waals surface area contributed by atoms with E-state index in [1.807, 2.05) is 0 Å². The molecule has 108 valence electrons. The molecular weight excluding hydrogens is 296 g/mol. The number of hydrogen-bond donors (Lipinski definition) is 3. The minimum atomic E-state index is -1.08. The molecule has 1 fully saturated rings. The summed E-state index contributed by atoms with van der Waals surface area (Å²) in [6.45, 7) is -0.442. The second kappa shape index (κ2) is 6.14. The summed E-state index contributed by atoms with van der Waals surface area (Å²) in [5, 5.41) is 13.1. The van der Waals surface area contributed by atoms with Crippen molar-refractivity contribution < 1.29 is 24.2 Å². The third-order valence-corrected chi connectivity index (χ3v) is 2.70. The van der Waals surface area contributed by atoms with Crippen molar-refractivity contribution in [3.63, 3.8) is 0 Å². The predicted molar refractivity (Wildman–Crippen MR) is 76.4 cm³/mol. The van der Waals surface area contributed by atoms with Gasteiger partial charge in [0.1, 0.15) is 11.3 Å². The van der Waals surface area contributed by atoms with E-state index in [1.54, 1.807) is 24.3 Å². The molecule has 2 rings (SSSR count). The third-order valence-electron chi connectivity index (χ3n) is 2.50. The smallest absolute Gasteiger partial charge is 0.341 e. The van der Waals surface area contributed by atoms with E-state index >= 15 is 0 Å². The Morgan fingerprint density at radius 3 is 2.29 bits per heavy atom. The number of rotatable bonds is 4. The van der Waals surface area contributed by atoms with Gasteiger partial charge in [-0.05, 0) is 36.0 Å². The minimum absolute atomic E-state index is 0.0282. The highest BCUT2D eigenvalue weighted by Crippen LogP contribution is 2.15. The van der Waals surface area contributed by atoms with Gasteiger partial charge < -0.3 is 9.84 Å². The number of carbonyl (C=O) groups excluding carboxylic acids is 2. The number of thiocarbonyl (C=S) groups is 1. The topological polar surface area (TPSA) is 105 Å². The molecule has 1 heterocycles. The molecule has 0 spiro atoms. The van der Waals surface area contributed by atoms with E-state index in [2.05, 4.69) is 22.9 Å². The van der Waals surface area contributed by atoms with Crippen LogP contribution in [0.1, 0.15) is 5.56 Å². The maximum Gasteiger partial charge on any atom is 0.341 e. The summed E-state index contributed by atoms with van der Waals surface area (Å²) in [5.41, 5.74) is 0.522. The molecule has 1 aliphatic heterocycles. The van der Waals surface area contributed by atoms with Gasteiger partial charge in [0.15, 0.2) is 11.7 Å². The molecule has 21 heavy (non-hydrogen) atoms. The quantitative estimate of drug-likeness (QED) is 0.413. The van der Waals surface area contributed by atoms with Crippen LogP contribution in [0.4, 0.5) is 0 Å². The third kappa shape index (κ3) is 3.86. The van der Waals surface area contributed by atoms with Gasteiger partial charge in [0.05, 0.1) is 0 Å². The van der Waals surface area contributed by atoms with Crippen molar-refractivity contribution in [2.24, 2.45) is 0 Å². The van der Waals surface area contributed by atoms with Crippen molar-refractivity contribution in [1.82, 2.24) is 10.6 Å². The molecular formula is C13H10N2O5S. The average Bonchev–Trinajstić information content (AvgIpc) is 2.41. The van der Waals surface area contributed by atoms with Crippen LogP contribution in [0.15, 0.2) is 29.8 Å². The highest BCUT2D eigenvalue weighted by Gasteiger charge is 2.25. The Balaban J connectivity index is 2.13. The Hall–Kier alpha value is -2.74. The first-order chi connectivity index (χ1) is 9.95. The van der Waals surface area contributed by atoms with Crippen LogP contribution in [-0.4, -0.2) is 34.6 Å². The number of benzene rings is 1. The van der Waals surface area contributed by atoms with Crippen molar-refractivity contribution in [1.29, 1.82) is 0 Å². The first kappa shape index (κ1) is 14.7. The van der Waals surface area contributed by atoms with Crippen molar-refractivity contribution >= 4 is 41.2 Å². The maximum atomic E-state index is 11.6. The fourth-order valence-corrected chi connectivity index (χ4v) is 1.76.